The minimum Gasteiger partial charge on any atom is -0.409 e. The standard InChI is InChI=1S/C17H21N3O/c1-2-13-3-5-14(6-4-13)11-19-12-15-7-9-16(10-8-15)17(18)20-21/h3-10,19,21H,2,11-12H2,1H3,(H2,18,20). The molecule has 4 nitrogen and oxygen atoms in total. The SMILES string of the molecule is CCc1ccc(CNCc2ccc(/C(N)=N/O)cc2)cc1. The van der Waals surface area contributed by atoms with Crippen LogP contribution in [0.2, 0.25) is 0 Å². The quantitative estimate of drug-likeness (QED) is 0.330. The van der Waals surface area contributed by atoms with Crippen LogP contribution in [0.3, 0.4) is 0 Å². The van der Waals surface area contributed by atoms with E-state index in [0.29, 0.717) is 0 Å². The van der Waals surface area contributed by atoms with Crippen molar-refractivity contribution in [3.63, 3.8) is 0 Å². The monoisotopic (exact) mass is 283 g/mol. The molecule has 0 radical (unpaired) electrons. The first-order valence-corrected chi connectivity index (χ1v) is 7.08. The first-order chi connectivity index (χ1) is 10.2. The van der Waals surface area contributed by atoms with Gasteiger partial charge >= 0.3 is 0 Å². The van der Waals surface area contributed by atoms with Crippen LogP contribution in [0.5, 0.6) is 0 Å². The third-order valence-corrected chi connectivity index (χ3v) is 3.45. The highest BCUT2D eigenvalue weighted by atomic mass is 16.4. The molecule has 0 amide bonds. The summed E-state index contributed by atoms with van der Waals surface area (Å²) in [4.78, 5) is 0. The molecule has 0 bridgehead atoms. The summed E-state index contributed by atoms with van der Waals surface area (Å²) in [5, 5.41) is 15.0. The van der Waals surface area contributed by atoms with Crippen LogP contribution in [0.15, 0.2) is 53.7 Å². The lowest BCUT2D eigenvalue weighted by molar-refractivity contribution is 0.318. The summed E-state index contributed by atoms with van der Waals surface area (Å²) in [6, 6.07) is 16.3. The average molecular weight is 283 g/mol. The van der Waals surface area contributed by atoms with Crippen LogP contribution in [0.1, 0.15) is 29.2 Å². The van der Waals surface area contributed by atoms with Gasteiger partial charge < -0.3 is 16.3 Å². The van der Waals surface area contributed by atoms with E-state index in [-0.39, 0.29) is 5.84 Å². The normalized spacial score (nSPS) is 11.6. The van der Waals surface area contributed by atoms with Crippen LogP contribution in [0.25, 0.3) is 0 Å². The maximum absolute atomic E-state index is 8.61. The topological polar surface area (TPSA) is 70.6 Å². The number of rotatable bonds is 6. The van der Waals surface area contributed by atoms with Crippen LogP contribution in [0.4, 0.5) is 0 Å². The summed E-state index contributed by atoms with van der Waals surface area (Å²) in [7, 11) is 0. The van der Waals surface area contributed by atoms with Gasteiger partial charge in [-0.1, -0.05) is 60.6 Å². The molecular formula is C17H21N3O. The third-order valence-electron chi connectivity index (χ3n) is 3.45. The summed E-state index contributed by atoms with van der Waals surface area (Å²) in [5.74, 6) is 0.130. The molecule has 4 heteroatoms. The highest BCUT2D eigenvalue weighted by molar-refractivity contribution is 5.96. The van der Waals surface area contributed by atoms with Gasteiger partial charge in [0.05, 0.1) is 0 Å². The van der Waals surface area contributed by atoms with Crippen molar-refractivity contribution in [3.8, 4) is 0 Å². The molecule has 0 unspecified atom stereocenters. The van der Waals surface area contributed by atoms with E-state index in [1.807, 2.05) is 24.3 Å². The summed E-state index contributed by atoms with van der Waals surface area (Å²) in [6.45, 7) is 3.78. The Labute approximate surface area is 125 Å². The number of nitrogens with one attached hydrogen (secondary N) is 1. The Balaban J connectivity index is 1.85. The van der Waals surface area contributed by atoms with Crippen molar-refractivity contribution >= 4 is 5.84 Å². The van der Waals surface area contributed by atoms with Crippen molar-refractivity contribution < 1.29 is 5.21 Å². The van der Waals surface area contributed by atoms with Gasteiger partial charge in [0.1, 0.15) is 0 Å². The second-order valence-electron chi connectivity index (χ2n) is 4.96. The van der Waals surface area contributed by atoms with E-state index in [4.69, 9.17) is 10.9 Å². The zero-order valence-electron chi connectivity index (χ0n) is 12.2. The molecule has 4 N–H and O–H groups in total. The second-order valence-corrected chi connectivity index (χ2v) is 4.96. The third kappa shape index (κ3) is 4.33. The van der Waals surface area contributed by atoms with Gasteiger partial charge in [0, 0.05) is 18.7 Å². The van der Waals surface area contributed by atoms with E-state index in [2.05, 4.69) is 41.7 Å². The van der Waals surface area contributed by atoms with Gasteiger partial charge in [-0.25, -0.2) is 0 Å². The molecule has 0 spiro atoms. The fourth-order valence-corrected chi connectivity index (χ4v) is 2.10. The Kier molecular flexibility index (Phi) is 5.35. The molecule has 0 saturated heterocycles. The van der Waals surface area contributed by atoms with Crippen molar-refractivity contribution in [2.45, 2.75) is 26.4 Å². The minimum absolute atomic E-state index is 0.130. The van der Waals surface area contributed by atoms with Gasteiger partial charge in [0.2, 0.25) is 0 Å². The highest BCUT2D eigenvalue weighted by Gasteiger charge is 1.99. The Morgan fingerprint density at radius 3 is 1.90 bits per heavy atom. The Morgan fingerprint density at radius 2 is 1.43 bits per heavy atom. The van der Waals surface area contributed by atoms with Gasteiger partial charge in [0.15, 0.2) is 5.84 Å². The fourth-order valence-electron chi connectivity index (χ4n) is 2.10. The van der Waals surface area contributed by atoms with E-state index in [0.717, 1.165) is 30.6 Å². The smallest absolute Gasteiger partial charge is 0.170 e. The second kappa shape index (κ2) is 7.45. The van der Waals surface area contributed by atoms with Gasteiger partial charge in [-0.2, -0.15) is 0 Å². The lowest BCUT2D eigenvalue weighted by Gasteiger charge is -2.07. The summed E-state index contributed by atoms with van der Waals surface area (Å²) in [5.41, 5.74) is 10.0. The molecule has 0 saturated carbocycles. The summed E-state index contributed by atoms with van der Waals surface area (Å²) in [6.07, 6.45) is 1.07. The molecule has 0 heterocycles. The van der Waals surface area contributed by atoms with Crippen molar-refractivity contribution in [1.82, 2.24) is 5.32 Å². The number of amidine groups is 1. The van der Waals surface area contributed by atoms with E-state index in [1.54, 1.807) is 0 Å². The summed E-state index contributed by atoms with van der Waals surface area (Å²) >= 11 is 0. The molecule has 0 fully saturated rings. The van der Waals surface area contributed by atoms with Gasteiger partial charge in [-0.15, -0.1) is 0 Å². The number of nitrogens with two attached hydrogens (primary N) is 1. The predicted octanol–water partition coefficient (Wildman–Crippen LogP) is 2.63. The van der Waals surface area contributed by atoms with Crippen molar-refractivity contribution in [1.29, 1.82) is 0 Å². The van der Waals surface area contributed by atoms with Gasteiger partial charge in [-0.05, 0) is 23.1 Å². The Morgan fingerprint density at radius 1 is 0.952 bits per heavy atom. The number of hydrogen-bond acceptors (Lipinski definition) is 3. The summed E-state index contributed by atoms with van der Waals surface area (Å²) < 4.78 is 0. The van der Waals surface area contributed by atoms with Crippen molar-refractivity contribution in [2.75, 3.05) is 0 Å². The Hall–Kier alpha value is -2.33. The van der Waals surface area contributed by atoms with Crippen molar-refractivity contribution in [3.05, 3.63) is 70.8 Å². The maximum atomic E-state index is 8.61. The van der Waals surface area contributed by atoms with Gasteiger partial charge in [-0.3, -0.25) is 0 Å². The molecule has 2 aromatic carbocycles. The number of nitrogens with zero attached hydrogens (tertiary/aromatic N) is 1. The molecule has 0 aliphatic rings. The van der Waals surface area contributed by atoms with Crippen LogP contribution in [-0.4, -0.2) is 11.0 Å². The van der Waals surface area contributed by atoms with E-state index in [9.17, 15) is 0 Å². The van der Waals surface area contributed by atoms with Crippen LogP contribution in [0, 0.1) is 0 Å². The van der Waals surface area contributed by atoms with Crippen LogP contribution < -0.4 is 11.1 Å². The zero-order valence-corrected chi connectivity index (χ0v) is 12.2. The maximum Gasteiger partial charge on any atom is 0.170 e. The number of benzene rings is 2. The lowest BCUT2D eigenvalue weighted by Crippen LogP contribution is -2.14. The fraction of sp³-hybridized carbons (Fsp3) is 0.235. The average Bonchev–Trinajstić information content (AvgIpc) is 2.55. The van der Waals surface area contributed by atoms with E-state index < -0.39 is 0 Å². The predicted molar refractivity (Wildman–Crippen MR) is 85.3 cm³/mol. The molecule has 110 valence electrons. The molecule has 0 aliphatic carbocycles. The number of hydrogen-bond donors (Lipinski definition) is 3. The van der Waals surface area contributed by atoms with Gasteiger partial charge in [0.25, 0.3) is 0 Å². The molecule has 2 aromatic rings. The molecule has 21 heavy (non-hydrogen) atoms. The van der Waals surface area contributed by atoms with E-state index in [1.165, 1.54) is 11.1 Å². The largest absolute Gasteiger partial charge is 0.409 e. The first kappa shape index (κ1) is 15.1. The van der Waals surface area contributed by atoms with Crippen LogP contribution in [-0.2, 0) is 19.5 Å². The molecular weight excluding hydrogens is 262 g/mol. The molecule has 0 atom stereocenters. The molecule has 0 aromatic heterocycles. The van der Waals surface area contributed by atoms with E-state index >= 15 is 0 Å². The minimum atomic E-state index is 0.130. The Bertz CT molecular complexity index is 588. The number of aryl methyl sites for hydroxylation is 1. The van der Waals surface area contributed by atoms with Crippen LogP contribution >= 0.6 is 0 Å². The first-order valence-electron chi connectivity index (χ1n) is 7.08. The zero-order chi connectivity index (χ0) is 15.1. The molecule has 2 rings (SSSR count). The molecule has 0 aliphatic heterocycles. The number of oxime groups is 1. The lowest BCUT2D eigenvalue weighted by atomic mass is 10.1. The highest BCUT2D eigenvalue weighted by Crippen LogP contribution is 2.07. The van der Waals surface area contributed by atoms with Crippen molar-refractivity contribution in [2.24, 2.45) is 10.9 Å².